The lowest BCUT2D eigenvalue weighted by molar-refractivity contribution is 0.450. The predicted molar refractivity (Wildman–Crippen MR) is 94.9 cm³/mol. The van der Waals surface area contributed by atoms with E-state index in [0.29, 0.717) is 12.1 Å². The lowest BCUT2D eigenvalue weighted by atomic mass is 10.0. The molecule has 0 saturated heterocycles. The second-order valence-corrected chi connectivity index (χ2v) is 8.66. The fourth-order valence-electron chi connectivity index (χ4n) is 3.01. The second kappa shape index (κ2) is 6.33. The molecule has 1 aromatic heterocycles. The van der Waals surface area contributed by atoms with E-state index in [0.717, 1.165) is 11.4 Å². The first kappa shape index (κ1) is 15.4. The van der Waals surface area contributed by atoms with Gasteiger partial charge in [0.05, 0.1) is 0 Å². The van der Waals surface area contributed by atoms with E-state index in [1.807, 2.05) is 29.2 Å². The van der Waals surface area contributed by atoms with Crippen LogP contribution in [0.25, 0.3) is 0 Å². The third-order valence-corrected chi connectivity index (χ3v) is 6.35. The van der Waals surface area contributed by atoms with E-state index in [1.165, 1.54) is 31.5 Å². The number of rotatable bonds is 3. The van der Waals surface area contributed by atoms with Crippen LogP contribution < -0.4 is 5.32 Å². The standard InChI is InChI=1S/C17H20ClNS2/c1-10-8-14(12(3)21-10)11(2)19-16-6-7-20-17-5-4-13(18)9-15(16)17/h4-5,8-9,11,16,19H,6-7H2,1-3H3. The van der Waals surface area contributed by atoms with E-state index >= 15 is 0 Å². The van der Waals surface area contributed by atoms with Gasteiger partial charge >= 0.3 is 0 Å². The Morgan fingerprint density at radius 2 is 2.10 bits per heavy atom. The summed E-state index contributed by atoms with van der Waals surface area (Å²) in [5.41, 5.74) is 2.79. The first-order chi connectivity index (χ1) is 10.0. The number of nitrogens with one attached hydrogen (secondary N) is 1. The van der Waals surface area contributed by atoms with Gasteiger partial charge in [-0.2, -0.15) is 0 Å². The number of hydrogen-bond donors (Lipinski definition) is 1. The van der Waals surface area contributed by atoms with Gasteiger partial charge in [-0.25, -0.2) is 0 Å². The lowest BCUT2D eigenvalue weighted by Gasteiger charge is -2.29. The van der Waals surface area contributed by atoms with Crippen molar-refractivity contribution in [2.75, 3.05) is 5.75 Å². The molecule has 1 aliphatic heterocycles. The minimum absolute atomic E-state index is 0.370. The topological polar surface area (TPSA) is 12.0 Å². The molecule has 0 amide bonds. The minimum atomic E-state index is 0.370. The van der Waals surface area contributed by atoms with E-state index in [1.54, 1.807) is 0 Å². The highest BCUT2D eigenvalue weighted by Gasteiger charge is 2.23. The maximum atomic E-state index is 6.19. The molecule has 0 radical (unpaired) electrons. The molecule has 0 fully saturated rings. The van der Waals surface area contributed by atoms with Gasteiger partial charge in [-0.15, -0.1) is 23.1 Å². The summed E-state index contributed by atoms with van der Waals surface area (Å²) in [6, 6.07) is 9.35. The van der Waals surface area contributed by atoms with E-state index in [2.05, 4.69) is 44.3 Å². The second-order valence-electron chi connectivity index (χ2n) is 5.63. The Hall–Kier alpha value is -0.480. The van der Waals surface area contributed by atoms with Crippen LogP contribution in [0.4, 0.5) is 0 Å². The van der Waals surface area contributed by atoms with Crippen LogP contribution in [0.15, 0.2) is 29.2 Å². The van der Waals surface area contributed by atoms with Gasteiger partial charge in [0.1, 0.15) is 0 Å². The SMILES string of the molecule is Cc1cc(C(C)NC2CCSc3ccc(Cl)cc32)c(C)s1. The number of fused-ring (bicyclic) bond motifs is 1. The van der Waals surface area contributed by atoms with E-state index in [9.17, 15) is 0 Å². The fourth-order valence-corrected chi connectivity index (χ4v) is 5.32. The highest BCUT2D eigenvalue weighted by molar-refractivity contribution is 7.99. The zero-order valence-electron chi connectivity index (χ0n) is 12.6. The van der Waals surface area contributed by atoms with Crippen molar-refractivity contribution >= 4 is 34.7 Å². The summed E-state index contributed by atoms with van der Waals surface area (Å²) >= 11 is 10.0. The Morgan fingerprint density at radius 3 is 2.81 bits per heavy atom. The lowest BCUT2D eigenvalue weighted by Crippen LogP contribution is -2.27. The molecule has 21 heavy (non-hydrogen) atoms. The zero-order valence-corrected chi connectivity index (χ0v) is 15.0. The van der Waals surface area contributed by atoms with Crippen LogP contribution in [-0.4, -0.2) is 5.75 Å². The van der Waals surface area contributed by atoms with Gasteiger partial charge in [0.25, 0.3) is 0 Å². The summed E-state index contributed by atoms with van der Waals surface area (Å²) in [6.45, 7) is 6.66. The molecule has 112 valence electrons. The molecule has 2 unspecified atom stereocenters. The average molecular weight is 338 g/mol. The van der Waals surface area contributed by atoms with Gasteiger partial charge in [0.15, 0.2) is 0 Å². The van der Waals surface area contributed by atoms with Crippen LogP contribution in [0, 0.1) is 13.8 Å². The average Bonchev–Trinajstić information content (AvgIpc) is 2.78. The van der Waals surface area contributed by atoms with Crippen molar-refractivity contribution in [1.82, 2.24) is 5.32 Å². The minimum Gasteiger partial charge on any atom is -0.303 e. The normalized spacial score (nSPS) is 19.3. The molecule has 1 N–H and O–H groups in total. The molecular weight excluding hydrogens is 318 g/mol. The summed E-state index contributed by atoms with van der Waals surface area (Å²) in [5, 5.41) is 4.64. The van der Waals surface area contributed by atoms with Crippen LogP contribution in [0.5, 0.6) is 0 Å². The molecule has 1 aromatic carbocycles. The Labute approximate surface area is 140 Å². The molecule has 0 spiro atoms. The maximum Gasteiger partial charge on any atom is 0.0410 e. The van der Waals surface area contributed by atoms with E-state index in [-0.39, 0.29) is 0 Å². The van der Waals surface area contributed by atoms with Crippen molar-refractivity contribution in [2.45, 2.75) is 44.2 Å². The van der Waals surface area contributed by atoms with E-state index < -0.39 is 0 Å². The van der Waals surface area contributed by atoms with Crippen LogP contribution in [0.3, 0.4) is 0 Å². The zero-order chi connectivity index (χ0) is 15.0. The van der Waals surface area contributed by atoms with Gasteiger partial charge in [-0.1, -0.05) is 11.6 Å². The monoisotopic (exact) mass is 337 g/mol. The van der Waals surface area contributed by atoms with Gasteiger partial charge in [-0.05, 0) is 68.3 Å². The van der Waals surface area contributed by atoms with Crippen molar-refractivity contribution < 1.29 is 0 Å². The van der Waals surface area contributed by atoms with Crippen molar-refractivity contribution in [3.05, 3.63) is 50.2 Å². The number of hydrogen-bond acceptors (Lipinski definition) is 3. The predicted octanol–water partition coefficient (Wildman–Crippen LogP) is 5.91. The van der Waals surface area contributed by atoms with Crippen molar-refractivity contribution in [3.63, 3.8) is 0 Å². The third-order valence-electron chi connectivity index (χ3n) is 4.01. The molecule has 1 nitrogen and oxygen atoms in total. The molecule has 4 heteroatoms. The number of benzene rings is 1. The Balaban J connectivity index is 1.83. The summed E-state index contributed by atoms with van der Waals surface area (Å²) < 4.78 is 0. The highest BCUT2D eigenvalue weighted by atomic mass is 35.5. The largest absolute Gasteiger partial charge is 0.303 e. The third kappa shape index (κ3) is 3.31. The molecule has 0 bridgehead atoms. The molecule has 2 heterocycles. The van der Waals surface area contributed by atoms with Gasteiger partial charge in [0, 0.05) is 31.8 Å². The maximum absolute atomic E-state index is 6.19. The van der Waals surface area contributed by atoms with Crippen LogP contribution in [-0.2, 0) is 0 Å². The van der Waals surface area contributed by atoms with Crippen LogP contribution in [0.1, 0.15) is 46.3 Å². The summed E-state index contributed by atoms with van der Waals surface area (Å²) in [4.78, 5) is 4.18. The summed E-state index contributed by atoms with van der Waals surface area (Å²) in [5.74, 6) is 1.17. The van der Waals surface area contributed by atoms with E-state index in [4.69, 9.17) is 11.6 Å². The molecule has 0 aliphatic carbocycles. The smallest absolute Gasteiger partial charge is 0.0410 e. The number of aryl methyl sites for hydroxylation is 2. The Bertz CT molecular complexity index is 650. The first-order valence-corrected chi connectivity index (χ1v) is 9.48. The molecule has 3 rings (SSSR count). The van der Waals surface area contributed by atoms with Gasteiger partial charge in [0.2, 0.25) is 0 Å². The molecule has 2 atom stereocenters. The van der Waals surface area contributed by atoms with Crippen molar-refractivity contribution in [1.29, 1.82) is 0 Å². The Kier molecular flexibility index (Phi) is 4.65. The Morgan fingerprint density at radius 1 is 1.29 bits per heavy atom. The number of thioether (sulfide) groups is 1. The van der Waals surface area contributed by atoms with Gasteiger partial charge in [-0.3, -0.25) is 0 Å². The van der Waals surface area contributed by atoms with Crippen molar-refractivity contribution in [2.24, 2.45) is 0 Å². The fraction of sp³-hybridized carbons (Fsp3) is 0.412. The first-order valence-electron chi connectivity index (χ1n) is 7.30. The molecule has 1 aliphatic rings. The van der Waals surface area contributed by atoms with Crippen LogP contribution in [0.2, 0.25) is 5.02 Å². The number of halogens is 1. The van der Waals surface area contributed by atoms with Crippen LogP contribution >= 0.6 is 34.7 Å². The number of thiophene rings is 1. The molecule has 2 aromatic rings. The summed E-state index contributed by atoms with van der Waals surface area (Å²) in [7, 11) is 0. The summed E-state index contributed by atoms with van der Waals surface area (Å²) in [6.07, 6.45) is 1.16. The highest BCUT2D eigenvalue weighted by Crippen LogP contribution is 2.39. The van der Waals surface area contributed by atoms with Gasteiger partial charge < -0.3 is 5.32 Å². The quantitative estimate of drug-likeness (QED) is 0.747. The molecular formula is C17H20ClNS2. The molecule has 0 saturated carbocycles. The van der Waals surface area contributed by atoms with Crippen molar-refractivity contribution in [3.8, 4) is 0 Å².